The Kier molecular flexibility index (Phi) is 5.94. The normalized spacial score (nSPS) is 19.5. The number of carbonyl (C=O) groups excluding carboxylic acids is 2. The van der Waals surface area contributed by atoms with Crippen LogP contribution in [-0.2, 0) is 11.3 Å². The van der Waals surface area contributed by atoms with Crippen LogP contribution in [0.5, 0.6) is 0 Å². The van der Waals surface area contributed by atoms with E-state index in [0.717, 1.165) is 48.0 Å². The van der Waals surface area contributed by atoms with Gasteiger partial charge < -0.3 is 15.5 Å². The smallest absolute Gasteiger partial charge is 0.318 e. The van der Waals surface area contributed by atoms with Gasteiger partial charge in [0.1, 0.15) is 5.82 Å². The van der Waals surface area contributed by atoms with Crippen LogP contribution in [-0.4, -0.2) is 61.9 Å². The number of urea groups is 1. The fraction of sp³-hybridized carbons (Fsp3) is 0.571. The summed E-state index contributed by atoms with van der Waals surface area (Å²) in [6.45, 7) is 10.5. The number of aryl methyl sites for hydroxylation is 2. The fourth-order valence-corrected chi connectivity index (χ4v) is 5.42. The minimum absolute atomic E-state index is 0.0159. The van der Waals surface area contributed by atoms with E-state index in [9.17, 15) is 9.59 Å². The zero-order valence-electron chi connectivity index (χ0n) is 18.4. The topological polar surface area (TPSA) is 103 Å². The zero-order chi connectivity index (χ0) is 22.2. The van der Waals surface area contributed by atoms with Gasteiger partial charge in [-0.3, -0.25) is 9.69 Å². The molecule has 1 spiro atoms. The first-order chi connectivity index (χ1) is 14.7. The van der Waals surface area contributed by atoms with Crippen LogP contribution in [0, 0.1) is 13.8 Å². The molecule has 0 saturated carbocycles. The molecule has 2 fully saturated rings. The van der Waals surface area contributed by atoms with Crippen LogP contribution in [0.15, 0.2) is 12.3 Å². The van der Waals surface area contributed by atoms with E-state index < -0.39 is 0 Å². The molecule has 31 heavy (non-hydrogen) atoms. The van der Waals surface area contributed by atoms with Gasteiger partial charge in [-0.15, -0.1) is 11.3 Å². The average molecular weight is 444 g/mol. The molecule has 0 bridgehead atoms. The molecule has 2 aromatic heterocycles. The number of hydrogen-bond donors (Lipinski definition) is 2. The lowest BCUT2D eigenvalue weighted by Crippen LogP contribution is -2.52. The number of anilines is 1. The third kappa shape index (κ3) is 4.85. The molecular weight excluding hydrogens is 414 g/mol. The molecule has 10 heteroatoms. The maximum absolute atomic E-state index is 12.7. The number of nitrogens with one attached hydrogen (secondary N) is 2. The summed E-state index contributed by atoms with van der Waals surface area (Å²) < 4.78 is 0. The Hall–Kier alpha value is -2.59. The number of amides is 3. The van der Waals surface area contributed by atoms with Gasteiger partial charge in [-0.2, -0.15) is 0 Å². The SMILES string of the molecule is CC(=O)Nc1ncc(C(C)N2CCC3(CC2)CN(Cc2cc(C)nc(C)n2)C(=O)N3)s1. The van der Waals surface area contributed by atoms with Crippen molar-refractivity contribution in [2.24, 2.45) is 0 Å². The van der Waals surface area contributed by atoms with E-state index >= 15 is 0 Å². The van der Waals surface area contributed by atoms with Crippen molar-refractivity contribution in [3.8, 4) is 0 Å². The summed E-state index contributed by atoms with van der Waals surface area (Å²) in [5, 5.41) is 6.64. The van der Waals surface area contributed by atoms with E-state index in [-0.39, 0.29) is 23.5 Å². The second kappa shape index (κ2) is 8.51. The number of rotatable bonds is 5. The molecule has 2 aliphatic heterocycles. The number of aromatic nitrogens is 3. The van der Waals surface area contributed by atoms with Crippen molar-refractivity contribution in [1.82, 2.24) is 30.1 Å². The predicted molar refractivity (Wildman–Crippen MR) is 119 cm³/mol. The highest BCUT2D eigenvalue weighted by Gasteiger charge is 2.45. The Bertz CT molecular complexity index is 964. The van der Waals surface area contributed by atoms with Gasteiger partial charge in [-0.25, -0.2) is 19.7 Å². The quantitative estimate of drug-likeness (QED) is 0.736. The summed E-state index contributed by atoms with van der Waals surface area (Å²) in [7, 11) is 0. The standard InChI is InChI=1S/C21H29N7O2S/c1-13-9-17(24-15(3)23-13)11-28-12-21(26-20(28)30)5-7-27(8-6-21)14(2)18-10-22-19(31-18)25-16(4)29/h9-10,14H,5-8,11-12H2,1-4H3,(H,26,30)(H,22,25,29). The summed E-state index contributed by atoms with van der Waals surface area (Å²) in [5.41, 5.74) is 1.62. The second-order valence-corrected chi connectivity index (χ2v) is 9.64. The fourth-order valence-electron chi connectivity index (χ4n) is 4.47. The molecule has 166 valence electrons. The molecule has 1 unspecified atom stereocenters. The number of nitrogens with zero attached hydrogens (tertiary/aromatic N) is 5. The molecule has 0 radical (unpaired) electrons. The van der Waals surface area contributed by atoms with Gasteiger partial charge in [0.15, 0.2) is 5.13 Å². The second-order valence-electron chi connectivity index (χ2n) is 8.58. The van der Waals surface area contributed by atoms with Gasteiger partial charge in [0.2, 0.25) is 5.91 Å². The van der Waals surface area contributed by atoms with Gasteiger partial charge in [-0.05, 0) is 39.7 Å². The van der Waals surface area contributed by atoms with E-state index in [1.807, 2.05) is 31.0 Å². The van der Waals surface area contributed by atoms with Crippen LogP contribution < -0.4 is 10.6 Å². The maximum atomic E-state index is 12.7. The lowest BCUT2D eigenvalue weighted by Gasteiger charge is -2.41. The van der Waals surface area contributed by atoms with Crippen molar-refractivity contribution in [1.29, 1.82) is 0 Å². The van der Waals surface area contributed by atoms with Gasteiger partial charge in [0.25, 0.3) is 0 Å². The Morgan fingerprint density at radius 1 is 1.32 bits per heavy atom. The average Bonchev–Trinajstić information content (AvgIpc) is 3.25. The van der Waals surface area contributed by atoms with E-state index in [1.165, 1.54) is 18.3 Å². The van der Waals surface area contributed by atoms with Crippen molar-refractivity contribution in [2.45, 2.75) is 58.7 Å². The molecular formula is C21H29N7O2S. The van der Waals surface area contributed by atoms with Crippen LogP contribution in [0.1, 0.15) is 54.8 Å². The lowest BCUT2D eigenvalue weighted by atomic mass is 9.87. The highest BCUT2D eigenvalue weighted by molar-refractivity contribution is 7.15. The third-order valence-corrected chi connectivity index (χ3v) is 7.13. The maximum Gasteiger partial charge on any atom is 0.318 e. The summed E-state index contributed by atoms with van der Waals surface area (Å²) >= 11 is 1.52. The minimum Gasteiger partial charge on any atom is -0.331 e. The molecule has 4 rings (SSSR count). The van der Waals surface area contributed by atoms with Crippen LogP contribution >= 0.6 is 11.3 Å². The molecule has 4 heterocycles. The van der Waals surface area contributed by atoms with Crippen LogP contribution in [0.4, 0.5) is 9.93 Å². The molecule has 0 aliphatic carbocycles. The zero-order valence-corrected chi connectivity index (χ0v) is 19.3. The van der Waals surface area contributed by atoms with Crippen molar-refractivity contribution in [2.75, 3.05) is 25.0 Å². The molecule has 3 amide bonds. The van der Waals surface area contributed by atoms with Crippen molar-refractivity contribution < 1.29 is 9.59 Å². The van der Waals surface area contributed by atoms with Crippen LogP contribution in [0.2, 0.25) is 0 Å². The first kappa shape index (κ1) is 21.6. The summed E-state index contributed by atoms with van der Waals surface area (Å²) in [4.78, 5) is 42.4. The Balaban J connectivity index is 1.36. The monoisotopic (exact) mass is 443 g/mol. The lowest BCUT2D eigenvalue weighted by molar-refractivity contribution is -0.114. The molecule has 9 nitrogen and oxygen atoms in total. The molecule has 1 atom stereocenters. The number of piperidine rings is 1. The predicted octanol–water partition coefficient (Wildman–Crippen LogP) is 2.63. The third-order valence-electron chi connectivity index (χ3n) is 6.05. The van der Waals surface area contributed by atoms with Gasteiger partial charge in [-0.1, -0.05) is 0 Å². The van der Waals surface area contributed by atoms with Gasteiger partial charge >= 0.3 is 6.03 Å². The first-order valence-corrected chi connectivity index (χ1v) is 11.4. The highest BCUT2D eigenvalue weighted by Crippen LogP contribution is 2.34. The van der Waals surface area contributed by atoms with E-state index in [4.69, 9.17) is 0 Å². The van der Waals surface area contributed by atoms with Crippen LogP contribution in [0.25, 0.3) is 0 Å². The number of likely N-dealkylation sites (tertiary alicyclic amines) is 1. The largest absolute Gasteiger partial charge is 0.331 e. The number of carbonyl (C=O) groups is 2. The molecule has 2 aliphatic rings. The summed E-state index contributed by atoms with van der Waals surface area (Å²) in [6.07, 6.45) is 3.65. The molecule has 2 aromatic rings. The van der Waals surface area contributed by atoms with E-state index in [1.54, 1.807) is 0 Å². The Morgan fingerprint density at radius 2 is 2.06 bits per heavy atom. The molecule has 2 saturated heterocycles. The summed E-state index contributed by atoms with van der Waals surface area (Å²) in [6, 6.07) is 2.15. The van der Waals surface area contributed by atoms with Crippen molar-refractivity contribution in [3.05, 3.63) is 34.4 Å². The molecule has 2 N–H and O–H groups in total. The highest BCUT2D eigenvalue weighted by atomic mass is 32.1. The number of hydrogen-bond acceptors (Lipinski definition) is 7. The summed E-state index contributed by atoms with van der Waals surface area (Å²) in [5.74, 6) is 0.624. The number of thiazole rings is 1. The molecule has 0 aromatic carbocycles. The minimum atomic E-state index is -0.181. The van der Waals surface area contributed by atoms with Crippen molar-refractivity contribution >= 4 is 28.4 Å². The van der Waals surface area contributed by atoms with E-state index in [2.05, 4.69) is 37.4 Å². The van der Waals surface area contributed by atoms with Gasteiger partial charge in [0.05, 0.1) is 17.8 Å². The van der Waals surface area contributed by atoms with Crippen LogP contribution in [0.3, 0.4) is 0 Å². The van der Waals surface area contributed by atoms with Gasteiger partial charge in [0, 0.05) is 49.4 Å². The van der Waals surface area contributed by atoms with Crippen molar-refractivity contribution in [3.63, 3.8) is 0 Å². The van der Waals surface area contributed by atoms with E-state index in [0.29, 0.717) is 18.2 Å². The Labute approximate surface area is 186 Å². The first-order valence-electron chi connectivity index (χ1n) is 10.6. The Morgan fingerprint density at radius 3 is 2.74 bits per heavy atom.